The van der Waals surface area contributed by atoms with E-state index in [-0.39, 0.29) is 5.91 Å². The fraction of sp³-hybridized carbons (Fsp3) is 0.438. The second-order valence-electron chi connectivity index (χ2n) is 4.72. The molecule has 102 valence electrons. The molecule has 2 aromatic rings. The molecule has 0 spiro atoms. The van der Waals surface area contributed by atoms with Crippen LogP contribution in [-0.4, -0.2) is 28.5 Å². The maximum absolute atomic E-state index is 12.2. The first-order chi connectivity index (χ1) is 9.21. The molecule has 19 heavy (non-hydrogen) atoms. The maximum Gasteiger partial charge on any atom is 0.242 e. The first-order valence-electron chi connectivity index (χ1n) is 7.05. The predicted octanol–water partition coefficient (Wildman–Crippen LogP) is 3.07. The Morgan fingerprint density at radius 1 is 1.16 bits per heavy atom. The van der Waals surface area contributed by atoms with Gasteiger partial charge < -0.3 is 9.47 Å². The second-order valence-corrected chi connectivity index (χ2v) is 4.72. The summed E-state index contributed by atoms with van der Waals surface area (Å²) in [6.45, 7) is 8.17. The number of benzene rings is 1. The topological polar surface area (TPSA) is 25.2 Å². The lowest BCUT2D eigenvalue weighted by Crippen LogP contribution is -2.33. The third-order valence-electron chi connectivity index (χ3n) is 3.67. The highest BCUT2D eigenvalue weighted by Crippen LogP contribution is 2.21. The van der Waals surface area contributed by atoms with E-state index in [0.717, 1.165) is 19.5 Å². The van der Waals surface area contributed by atoms with Gasteiger partial charge >= 0.3 is 0 Å². The van der Waals surface area contributed by atoms with Crippen molar-refractivity contribution in [2.45, 2.75) is 33.7 Å². The van der Waals surface area contributed by atoms with Gasteiger partial charge in [-0.2, -0.15) is 0 Å². The van der Waals surface area contributed by atoms with Gasteiger partial charge in [-0.3, -0.25) is 4.79 Å². The number of rotatable bonds is 5. The van der Waals surface area contributed by atoms with Crippen molar-refractivity contribution in [1.82, 2.24) is 9.47 Å². The molecule has 0 aliphatic carbocycles. The highest BCUT2D eigenvalue weighted by atomic mass is 16.2. The van der Waals surface area contributed by atoms with Gasteiger partial charge in [0.15, 0.2) is 0 Å². The number of amides is 1. The van der Waals surface area contributed by atoms with E-state index in [1.807, 2.05) is 24.9 Å². The Balaban J connectivity index is 2.33. The monoisotopic (exact) mass is 258 g/mol. The SMILES string of the molecule is CCc1cccc2ccn(CC(=O)N(CC)CC)c12. The second kappa shape index (κ2) is 5.91. The van der Waals surface area contributed by atoms with Gasteiger partial charge in [-0.05, 0) is 37.3 Å². The van der Waals surface area contributed by atoms with E-state index in [1.54, 1.807) is 0 Å². The molecule has 0 fully saturated rings. The first-order valence-corrected chi connectivity index (χ1v) is 7.05. The van der Waals surface area contributed by atoms with Crippen molar-refractivity contribution >= 4 is 16.8 Å². The number of nitrogens with zero attached hydrogens (tertiary/aromatic N) is 2. The minimum atomic E-state index is 0.188. The van der Waals surface area contributed by atoms with Crippen LogP contribution in [0, 0.1) is 0 Å². The number of para-hydroxylation sites is 1. The molecule has 1 heterocycles. The first kappa shape index (κ1) is 13.7. The van der Waals surface area contributed by atoms with Crippen LogP contribution in [0.2, 0.25) is 0 Å². The van der Waals surface area contributed by atoms with Crippen molar-refractivity contribution in [3.8, 4) is 0 Å². The summed E-state index contributed by atoms with van der Waals surface area (Å²) in [5, 5.41) is 1.21. The summed E-state index contributed by atoms with van der Waals surface area (Å²) in [5.41, 5.74) is 2.50. The summed E-state index contributed by atoms with van der Waals surface area (Å²) in [5.74, 6) is 0.188. The van der Waals surface area contributed by atoms with Crippen molar-refractivity contribution < 1.29 is 4.79 Å². The highest BCUT2D eigenvalue weighted by Gasteiger charge is 2.12. The quantitative estimate of drug-likeness (QED) is 0.809. The molecule has 3 nitrogen and oxygen atoms in total. The van der Waals surface area contributed by atoms with Crippen LogP contribution in [0.25, 0.3) is 10.9 Å². The zero-order chi connectivity index (χ0) is 13.8. The Morgan fingerprint density at radius 2 is 1.89 bits per heavy atom. The summed E-state index contributed by atoms with van der Waals surface area (Å²) >= 11 is 0. The van der Waals surface area contributed by atoms with Gasteiger partial charge in [-0.1, -0.05) is 25.1 Å². The fourth-order valence-corrected chi connectivity index (χ4v) is 2.58. The van der Waals surface area contributed by atoms with Crippen LogP contribution in [0.5, 0.6) is 0 Å². The van der Waals surface area contributed by atoms with Crippen LogP contribution in [0.1, 0.15) is 26.3 Å². The molecule has 0 saturated heterocycles. The molecule has 1 aromatic heterocycles. The fourth-order valence-electron chi connectivity index (χ4n) is 2.58. The van der Waals surface area contributed by atoms with Crippen LogP contribution >= 0.6 is 0 Å². The maximum atomic E-state index is 12.2. The van der Waals surface area contributed by atoms with Gasteiger partial charge in [0.2, 0.25) is 5.91 Å². The molecule has 0 radical (unpaired) electrons. The van der Waals surface area contributed by atoms with E-state index in [2.05, 4.69) is 35.8 Å². The van der Waals surface area contributed by atoms with Gasteiger partial charge in [0.05, 0.1) is 5.52 Å². The molecule has 0 atom stereocenters. The number of likely N-dealkylation sites (N-methyl/N-ethyl adjacent to an activating group) is 1. The summed E-state index contributed by atoms with van der Waals surface area (Å²) in [6.07, 6.45) is 3.01. The molecule has 0 aliphatic rings. The van der Waals surface area contributed by atoms with Crippen LogP contribution in [0.4, 0.5) is 0 Å². The molecule has 0 unspecified atom stereocenters. The van der Waals surface area contributed by atoms with E-state index in [0.29, 0.717) is 6.54 Å². The number of carbonyl (C=O) groups excluding carboxylic acids is 1. The van der Waals surface area contributed by atoms with Gasteiger partial charge in [0.1, 0.15) is 6.54 Å². The lowest BCUT2D eigenvalue weighted by Gasteiger charge is -2.19. The molecular weight excluding hydrogens is 236 g/mol. The van der Waals surface area contributed by atoms with Crippen molar-refractivity contribution in [1.29, 1.82) is 0 Å². The van der Waals surface area contributed by atoms with E-state index >= 15 is 0 Å². The average Bonchev–Trinajstić information content (AvgIpc) is 2.83. The molecule has 0 N–H and O–H groups in total. The minimum Gasteiger partial charge on any atom is -0.342 e. The number of aromatic nitrogens is 1. The molecule has 1 amide bonds. The molecule has 0 saturated carbocycles. The zero-order valence-electron chi connectivity index (χ0n) is 12.0. The Kier molecular flexibility index (Phi) is 4.25. The van der Waals surface area contributed by atoms with E-state index < -0.39 is 0 Å². The van der Waals surface area contributed by atoms with Gasteiger partial charge in [-0.25, -0.2) is 0 Å². The van der Waals surface area contributed by atoms with E-state index in [9.17, 15) is 4.79 Å². The Bertz CT molecular complexity index is 567. The molecule has 1 aromatic carbocycles. The van der Waals surface area contributed by atoms with Gasteiger partial charge in [0, 0.05) is 19.3 Å². The molecule has 0 bridgehead atoms. The zero-order valence-corrected chi connectivity index (χ0v) is 12.0. The summed E-state index contributed by atoms with van der Waals surface area (Å²) < 4.78 is 2.08. The van der Waals surface area contributed by atoms with Gasteiger partial charge in [0.25, 0.3) is 0 Å². The van der Waals surface area contributed by atoms with Crippen LogP contribution in [-0.2, 0) is 17.8 Å². The molecular formula is C16H22N2O. The smallest absolute Gasteiger partial charge is 0.242 e. The predicted molar refractivity (Wildman–Crippen MR) is 79.2 cm³/mol. The Morgan fingerprint density at radius 3 is 2.53 bits per heavy atom. The van der Waals surface area contributed by atoms with Crippen LogP contribution < -0.4 is 0 Å². The van der Waals surface area contributed by atoms with Crippen molar-refractivity contribution in [3.05, 3.63) is 36.0 Å². The van der Waals surface area contributed by atoms with Crippen LogP contribution in [0.15, 0.2) is 30.5 Å². The molecule has 2 rings (SSSR count). The number of hydrogen-bond donors (Lipinski definition) is 0. The van der Waals surface area contributed by atoms with E-state index in [4.69, 9.17) is 0 Å². The molecule has 0 aliphatic heterocycles. The standard InChI is InChI=1S/C16H22N2O/c1-4-13-8-7-9-14-10-11-18(16(13)14)12-15(19)17(5-2)6-3/h7-11H,4-6,12H2,1-3H3. The summed E-state index contributed by atoms with van der Waals surface area (Å²) in [4.78, 5) is 14.1. The lowest BCUT2D eigenvalue weighted by atomic mass is 10.1. The number of carbonyl (C=O) groups is 1. The number of aryl methyl sites for hydroxylation is 1. The normalized spacial score (nSPS) is 10.9. The van der Waals surface area contributed by atoms with E-state index in [1.165, 1.54) is 16.5 Å². The average molecular weight is 258 g/mol. The number of hydrogen-bond acceptors (Lipinski definition) is 1. The van der Waals surface area contributed by atoms with Crippen molar-refractivity contribution in [2.24, 2.45) is 0 Å². The Hall–Kier alpha value is -1.77. The summed E-state index contributed by atoms with van der Waals surface area (Å²) in [6, 6.07) is 8.41. The largest absolute Gasteiger partial charge is 0.342 e. The van der Waals surface area contributed by atoms with Crippen molar-refractivity contribution in [2.75, 3.05) is 13.1 Å². The Labute approximate surface area is 114 Å². The third-order valence-corrected chi connectivity index (χ3v) is 3.67. The van der Waals surface area contributed by atoms with Crippen LogP contribution in [0.3, 0.4) is 0 Å². The van der Waals surface area contributed by atoms with Gasteiger partial charge in [-0.15, -0.1) is 0 Å². The third kappa shape index (κ3) is 2.65. The van der Waals surface area contributed by atoms with Crippen molar-refractivity contribution in [3.63, 3.8) is 0 Å². The summed E-state index contributed by atoms with van der Waals surface area (Å²) in [7, 11) is 0. The number of fused-ring (bicyclic) bond motifs is 1. The lowest BCUT2D eigenvalue weighted by molar-refractivity contribution is -0.131. The highest BCUT2D eigenvalue weighted by molar-refractivity contribution is 5.85. The minimum absolute atomic E-state index is 0.188. The molecule has 3 heteroatoms.